The number of carbonyl (C=O) groups excluding carboxylic acids is 1. The third-order valence-electron chi connectivity index (χ3n) is 4.20. The number of hydrogen-bond donors (Lipinski definition) is 2. The lowest BCUT2D eigenvalue weighted by Crippen LogP contribution is -2.49. The highest BCUT2D eigenvalue weighted by Crippen LogP contribution is 2.13. The smallest absolute Gasteiger partial charge is 0.397 e. The van der Waals surface area contributed by atoms with Crippen molar-refractivity contribution in [1.29, 1.82) is 0 Å². The average Bonchev–Trinajstić information content (AvgIpc) is 2.57. The highest BCUT2D eigenvalue weighted by atomic mass is 16.3. The van der Waals surface area contributed by atoms with Crippen molar-refractivity contribution in [2.24, 2.45) is 0 Å². The lowest BCUT2D eigenvalue weighted by Gasteiger charge is -2.18. The van der Waals surface area contributed by atoms with Gasteiger partial charge in [-0.05, 0) is 61.2 Å². The van der Waals surface area contributed by atoms with Gasteiger partial charge in [-0.2, -0.15) is 0 Å². The Labute approximate surface area is 156 Å². The first-order valence-electron chi connectivity index (χ1n) is 8.96. The number of hydrazine groups is 1. The second kappa shape index (κ2) is 7.73. The summed E-state index contributed by atoms with van der Waals surface area (Å²) in [5.74, 6) is -0.221. The van der Waals surface area contributed by atoms with E-state index in [0.29, 0.717) is 11.1 Å². The van der Waals surface area contributed by atoms with Gasteiger partial charge in [0.05, 0.1) is 5.56 Å². The maximum Gasteiger partial charge on any atom is 0.397 e. The Balaban J connectivity index is 2.42. The lowest BCUT2D eigenvalue weighted by molar-refractivity contribution is -0.642. The van der Waals surface area contributed by atoms with Crippen LogP contribution in [0, 0.1) is 13.8 Å². The number of hydrazone groups is 1. The number of carbonyl (C=O) groups is 1. The van der Waals surface area contributed by atoms with Crippen LogP contribution in [0.4, 0.5) is 0 Å². The Hall–Kier alpha value is -2.62. The van der Waals surface area contributed by atoms with Crippen molar-refractivity contribution in [1.82, 2.24) is 5.43 Å². The van der Waals surface area contributed by atoms with E-state index < -0.39 is 5.54 Å². The summed E-state index contributed by atoms with van der Waals surface area (Å²) in [7, 11) is 0. The Morgan fingerprint density at radius 3 is 2.00 bits per heavy atom. The topological polar surface area (TPSA) is 52.3 Å². The first kappa shape index (κ1) is 19.7. The lowest BCUT2D eigenvalue weighted by atomic mass is 10.1. The quantitative estimate of drug-likeness (QED) is 0.372. The number of aryl methyl sites for hydroxylation is 3. The first-order valence-corrected chi connectivity index (χ1v) is 8.96. The molecule has 0 aliphatic heterocycles. The Kier molecular flexibility index (Phi) is 5.86. The minimum atomic E-state index is -0.499. The fraction of sp³-hybridized carbons (Fsp3) is 0.364. The molecule has 0 saturated heterocycles. The Morgan fingerprint density at radius 1 is 1.00 bits per heavy atom. The Morgan fingerprint density at radius 2 is 1.54 bits per heavy atom. The van der Waals surface area contributed by atoms with E-state index in [2.05, 4.69) is 12.3 Å². The van der Waals surface area contributed by atoms with E-state index in [1.165, 1.54) is 10.2 Å². The Bertz CT molecular complexity index is 808. The van der Waals surface area contributed by atoms with Gasteiger partial charge in [-0.25, -0.2) is 0 Å². The zero-order valence-corrected chi connectivity index (χ0v) is 16.6. The monoisotopic (exact) mass is 353 g/mol. The van der Waals surface area contributed by atoms with Gasteiger partial charge in [0, 0.05) is 26.3 Å². The van der Waals surface area contributed by atoms with Crippen LogP contribution in [0.3, 0.4) is 0 Å². The van der Waals surface area contributed by atoms with E-state index in [0.717, 1.165) is 17.5 Å². The van der Waals surface area contributed by atoms with Crippen molar-refractivity contribution in [3.8, 4) is 0 Å². The average molecular weight is 353 g/mol. The molecule has 0 spiro atoms. The molecule has 0 radical (unpaired) electrons. The molecule has 2 N–H and O–H groups in total. The van der Waals surface area contributed by atoms with Gasteiger partial charge >= 0.3 is 11.8 Å². The van der Waals surface area contributed by atoms with E-state index >= 15 is 0 Å². The fourth-order valence-corrected chi connectivity index (χ4v) is 2.83. The molecule has 0 aromatic heterocycles. The fourth-order valence-electron chi connectivity index (χ4n) is 2.83. The molecule has 0 bridgehead atoms. The molecular weight excluding hydrogens is 324 g/mol. The molecular formula is C22H29N2O2+. The summed E-state index contributed by atoms with van der Waals surface area (Å²) >= 11 is 0. The zero-order chi connectivity index (χ0) is 19.5. The van der Waals surface area contributed by atoms with Crippen LogP contribution in [0.15, 0.2) is 42.5 Å². The summed E-state index contributed by atoms with van der Waals surface area (Å²) in [6.45, 7) is 11.9. The second-order valence-electron chi connectivity index (χ2n) is 7.70. The van der Waals surface area contributed by atoms with E-state index in [-0.39, 0.29) is 11.8 Å². The normalized spacial score (nSPS) is 12.5. The molecule has 0 unspecified atom stereocenters. The molecule has 4 heteroatoms. The van der Waals surface area contributed by atoms with E-state index in [9.17, 15) is 9.90 Å². The number of benzene rings is 2. The molecule has 0 aliphatic carbocycles. The van der Waals surface area contributed by atoms with E-state index in [4.69, 9.17) is 0 Å². The predicted octanol–water partition coefficient (Wildman–Crippen LogP) is 4.33. The van der Waals surface area contributed by atoms with Crippen molar-refractivity contribution in [2.45, 2.75) is 53.5 Å². The molecule has 26 heavy (non-hydrogen) atoms. The van der Waals surface area contributed by atoms with Gasteiger partial charge in [-0.1, -0.05) is 29.8 Å². The highest BCUT2D eigenvalue weighted by Gasteiger charge is 2.33. The zero-order valence-electron chi connectivity index (χ0n) is 16.6. The van der Waals surface area contributed by atoms with Gasteiger partial charge in [0.25, 0.3) is 0 Å². The summed E-state index contributed by atoms with van der Waals surface area (Å²) < 4.78 is 1.53. The second-order valence-corrected chi connectivity index (χ2v) is 7.70. The summed E-state index contributed by atoms with van der Waals surface area (Å²) in [5, 5.41) is 10.9. The molecule has 0 atom stereocenters. The van der Waals surface area contributed by atoms with Crippen LogP contribution in [-0.2, 0) is 6.42 Å². The first-order chi connectivity index (χ1) is 12.1. The van der Waals surface area contributed by atoms with Crippen LogP contribution >= 0.6 is 0 Å². The molecule has 0 saturated carbocycles. The van der Waals surface area contributed by atoms with Crippen molar-refractivity contribution < 1.29 is 14.6 Å². The number of nitrogens with one attached hydrogen (secondary N) is 1. The van der Waals surface area contributed by atoms with Crippen LogP contribution in [0.25, 0.3) is 0 Å². The van der Waals surface area contributed by atoms with Crippen LogP contribution in [0.1, 0.15) is 60.3 Å². The van der Waals surface area contributed by atoms with Gasteiger partial charge < -0.3 is 5.11 Å². The van der Waals surface area contributed by atoms with Gasteiger partial charge in [0.1, 0.15) is 0 Å². The SMILES string of the molecule is CCc1ccc(C(=O)N/[N+](=C(\O)c2cc(C)cc(C)c2)C(C)(C)C)cc1. The van der Waals surface area contributed by atoms with Gasteiger partial charge in [-0.15, -0.1) is 5.43 Å². The van der Waals surface area contributed by atoms with Gasteiger partial charge in [0.2, 0.25) is 0 Å². The molecule has 2 aromatic carbocycles. The van der Waals surface area contributed by atoms with E-state index in [1.807, 2.05) is 77.1 Å². The largest absolute Gasteiger partial charge is 0.458 e. The van der Waals surface area contributed by atoms with E-state index in [1.54, 1.807) is 0 Å². The third-order valence-corrected chi connectivity index (χ3v) is 4.20. The minimum absolute atomic E-state index is 0.0304. The van der Waals surface area contributed by atoms with Crippen LogP contribution in [0.2, 0.25) is 0 Å². The minimum Gasteiger partial charge on any atom is -0.458 e. The number of aliphatic hydroxyl groups is 1. The summed E-state index contributed by atoms with van der Waals surface area (Å²) in [6.07, 6.45) is 0.928. The number of aliphatic hydroxyl groups excluding tert-OH is 1. The van der Waals surface area contributed by atoms with Gasteiger partial charge in [0.15, 0.2) is 5.54 Å². The molecule has 138 valence electrons. The molecule has 4 nitrogen and oxygen atoms in total. The van der Waals surface area contributed by atoms with Crippen LogP contribution < -0.4 is 5.43 Å². The third kappa shape index (κ3) is 4.72. The van der Waals surface area contributed by atoms with Crippen LogP contribution in [-0.4, -0.2) is 27.1 Å². The molecule has 0 heterocycles. The van der Waals surface area contributed by atoms with Crippen LogP contribution in [0.5, 0.6) is 0 Å². The maximum absolute atomic E-state index is 12.7. The van der Waals surface area contributed by atoms with Gasteiger partial charge in [-0.3, -0.25) is 4.79 Å². The molecule has 0 aliphatic rings. The predicted molar refractivity (Wildman–Crippen MR) is 106 cm³/mol. The molecule has 2 aromatic rings. The number of amides is 1. The number of hydrogen-bond acceptors (Lipinski definition) is 1. The number of nitrogens with zero attached hydrogens (tertiary/aromatic N) is 1. The number of rotatable bonds is 4. The molecule has 2 rings (SSSR count). The summed E-state index contributed by atoms with van der Waals surface area (Å²) in [5.41, 5.74) is 6.89. The molecule has 1 amide bonds. The highest BCUT2D eigenvalue weighted by molar-refractivity contribution is 5.94. The van der Waals surface area contributed by atoms with Crippen molar-refractivity contribution >= 4 is 11.8 Å². The van der Waals surface area contributed by atoms with Crippen molar-refractivity contribution in [2.75, 3.05) is 0 Å². The van der Waals surface area contributed by atoms with Crippen molar-refractivity contribution in [3.05, 3.63) is 70.3 Å². The van der Waals surface area contributed by atoms with Crippen molar-refractivity contribution in [3.63, 3.8) is 0 Å². The summed E-state index contributed by atoms with van der Waals surface area (Å²) in [6, 6.07) is 13.4. The molecule has 0 fully saturated rings. The summed E-state index contributed by atoms with van der Waals surface area (Å²) in [4.78, 5) is 12.7. The standard InChI is InChI=1S/C22H28N2O2/c1-7-17-8-10-18(11-9-17)20(25)23-24(22(4,5)6)21(26)19-13-15(2)12-16(3)14-19/h8-14H,7H2,1-6H3,(H,23,25)/p+1. The maximum atomic E-state index is 12.7.